The van der Waals surface area contributed by atoms with Crippen molar-refractivity contribution < 1.29 is 13.5 Å². The molecule has 0 aliphatic rings. The van der Waals surface area contributed by atoms with Gasteiger partial charge in [0.2, 0.25) is 0 Å². The van der Waals surface area contributed by atoms with Gasteiger partial charge in [-0.15, -0.1) is 0 Å². The van der Waals surface area contributed by atoms with Crippen LogP contribution in [-0.4, -0.2) is 12.1 Å². The van der Waals surface area contributed by atoms with Crippen molar-refractivity contribution in [3.8, 4) is 0 Å². The summed E-state index contributed by atoms with van der Waals surface area (Å²) >= 11 is 0. The van der Waals surface area contributed by atoms with Crippen LogP contribution in [0.5, 0.6) is 0 Å². The smallest absolute Gasteiger partial charge is 0.189 e. The summed E-state index contributed by atoms with van der Waals surface area (Å²) in [6.45, 7) is 0.140. The maximum Gasteiger partial charge on any atom is 0.189 e. The SMILES string of the molecule is COCc1cc(=O)c2ccc(F)c(F)c2[nH]1. The lowest BCUT2D eigenvalue weighted by Gasteiger charge is -2.04. The molecular weight excluding hydrogens is 216 g/mol. The van der Waals surface area contributed by atoms with E-state index in [2.05, 4.69) is 4.98 Å². The number of hydrogen-bond donors (Lipinski definition) is 1. The predicted octanol–water partition coefficient (Wildman–Crippen LogP) is 1.95. The Kier molecular flexibility index (Phi) is 2.70. The molecule has 0 amide bonds. The van der Waals surface area contributed by atoms with Crippen LogP contribution >= 0.6 is 0 Å². The minimum atomic E-state index is -1.05. The fraction of sp³-hybridized carbons (Fsp3) is 0.182. The van der Waals surface area contributed by atoms with Gasteiger partial charge in [0.1, 0.15) is 0 Å². The molecule has 0 saturated heterocycles. The highest BCUT2D eigenvalue weighted by molar-refractivity contribution is 5.79. The summed E-state index contributed by atoms with van der Waals surface area (Å²) in [6.07, 6.45) is 0. The summed E-state index contributed by atoms with van der Waals surface area (Å²) in [4.78, 5) is 14.2. The Balaban J connectivity index is 2.78. The minimum Gasteiger partial charge on any atom is -0.378 e. The van der Waals surface area contributed by atoms with Crippen molar-refractivity contribution in [2.24, 2.45) is 0 Å². The molecule has 0 atom stereocenters. The maximum atomic E-state index is 13.4. The van der Waals surface area contributed by atoms with Crippen LogP contribution in [0.1, 0.15) is 5.69 Å². The van der Waals surface area contributed by atoms with Crippen LogP contribution in [0.2, 0.25) is 0 Å². The lowest BCUT2D eigenvalue weighted by atomic mass is 10.2. The van der Waals surface area contributed by atoms with Gasteiger partial charge in [-0.25, -0.2) is 8.78 Å². The molecular formula is C11H9F2NO2. The number of H-pyrrole nitrogens is 1. The molecule has 0 aliphatic carbocycles. The fourth-order valence-corrected chi connectivity index (χ4v) is 1.54. The van der Waals surface area contributed by atoms with E-state index in [1.807, 2.05) is 0 Å². The highest BCUT2D eigenvalue weighted by atomic mass is 19.2. The van der Waals surface area contributed by atoms with Gasteiger partial charge in [0.25, 0.3) is 0 Å². The Morgan fingerprint density at radius 1 is 1.38 bits per heavy atom. The molecule has 2 aromatic rings. The molecule has 0 saturated carbocycles. The number of pyridine rings is 1. The quantitative estimate of drug-likeness (QED) is 0.848. The molecule has 2 rings (SSSR count). The Morgan fingerprint density at radius 2 is 2.12 bits per heavy atom. The van der Waals surface area contributed by atoms with Crippen molar-refractivity contribution in [3.05, 3.63) is 45.8 Å². The van der Waals surface area contributed by atoms with Gasteiger partial charge in [0, 0.05) is 24.3 Å². The number of halogens is 2. The van der Waals surface area contributed by atoms with Crippen molar-refractivity contribution in [1.82, 2.24) is 4.98 Å². The summed E-state index contributed by atoms with van der Waals surface area (Å²) in [5.41, 5.74) is -0.0799. The molecule has 3 nitrogen and oxygen atoms in total. The van der Waals surface area contributed by atoms with Crippen LogP contribution in [0.15, 0.2) is 23.0 Å². The molecule has 1 N–H and O–H groups in total. The first kappa shape index (κ1) is 10.8. The summed E-state index contributed by atoms with van der Waals surface area (Å²) in [5, 5.41) is 0.124. The van der Waals surface area contributed by atoms with E-state index >= 15 is 0 Å². The van der Waals surface area contributed by atoms with Crippen LogP contribution in [0.4, 0.5) is 8.78 Å². The van der Waals surface area contributed by atoms with Crippen LogP contribution in [0, 0.1) is 11.6 Å². The monoisotopic (exact) mass is 225 g/mol. The molecule has 1 aromatic carbocycles. The van der Waals surface area contributed by atoms with E-state index < -0.39 is 11.6 Å². The first-order valence-electron chi connectivity index (χ1n) is 4.62. The van der Waals surface area contributed by atoms with Crippen LogP contribution in [0.3, 0.4) is 0 Å². The number of fused-ring (bicyclic) bond motifs is 1. The maximum absolute atomic E-state index is 13.4. The second-order valence-electron chi connectivity index (χ2n) is 3.38. The van der Waals surface area contributed by atoms with E-state index in [1.165, 1.54) is 19.2 Å². The van der Waals surface area contributed by atoms with Gasteiger partial charge < -0.3 is 9.72 Å². The van der Waals surface area contributed by atoms with Gasteiger partial charge in [-0.1, -0.05) is 0 Å². The molecule has 5 heteroatoms. The molecule has 84 valence electrons. The second-order valence-corrected chi connectivity index (χ2v) is 3.38. The van der Waals surface area contributed by atoms with Gasteiger partial charge >= 0.3 is 0 Å². The summed E-state index contributed by atoms with van der Waals surface area (Å²) in [7, 11) is 1.45. The van der Waals surface area contributed by atoms with Gasteiger partial charge in [0.05, 0.1) is 12.1 Å². The normalized spacial score (nSPS) is 10.9. The molecule has 0 aliphatic heterocycles. The number of aromatic nitrogens is 1. The lowest BCUT2D eigenvalue weighted by molar-refractivity contribution is 0.181. The molecule has 0 fully saturated rings. The third kappa shape index (κ3) is 1.69. The third-order valence-electron chi connectivity index (χ3n) is 2.25. The molecule has 0 bridgehead atoms. The number of benzene rings is 1. The van der Waals surface area contributed by atoms with Gasteiger partial charge in [-0.05, 0) is 12.1 Å². The minimum absolute atomic E-state index is 0.124. The largest absolute Gasteiger partial charge is 0.378 e. The zero-order valence-electron chi connectivity index (χ0n) is 8.51. The van der Waals surface area contributed by atoms with Crippen LogP contribution in [-0.2, 0) is 11.3 Å². The van der Waals surface area contributed by atoms with Gasteiger partial charge in [-0.2, -0.15) is 0 Å². The second kappa shape index (κ2) is 4.02. The van der Waals surface area contributed by atoms with Crippen molar-refractivity contribution in [2.45, 2.75) is 6.61 Å². The topological polar surface area (TPSA) is 42.1 Å². The van der Waals surface area contributed by atoms with E-state index in [0.29, 0.717) is 5.69 Å². The fourth-order valence-electron chi connectivity index (χ4n) is 1.54. The Hall–Kier alpha value is -1.75. The summed E-state index contributed by atoms with van der Waals surface area (Å²) < 4.78 is 31.2. The Bertz CT molecular complexity index is 592. The molecule has 1 aromatic heterocycles. The van der Waals surface area contributed by atoms with E-state index in [0.717, 1.165) is 6.07 Å². The molecule has 16 heavy (non-hydrogen) atoms. The zero-order valence-corrected chi connectivity index (χ0v) is 8.51. The van der Waals surface area contributed by atoms with Gasteiger partial charge in [0.15, 0.2) is 17.1 Å². The third-order valence-corrected chi connectivity index (χ3v) is 2.25. The number of hydrogen-bond acceptors (Lipinski definition) is 2. The van der Waals surface area contributed by atoms with E-state index in [9.17, 15) is 13.6 Å². The van der Waals surface area contributed by atoms with Crippen molar-refractivity contribution in [3.63, 3.8) is 0 Å². The average molecular weight is 225 g/mol. The number of rotatable bonds is 2. The van der Waals surface area contributed by atoms with Crippen LogP contribution in [0.25, 0.3) is 10.9 Å². The average Bonchev–Trinajstić information content (AvgIpc) is 2.25. The molecule has 0 spiro atoms. The first-order chi connectivity index (χ1) is 7.63. The summed E-state index contributed by atoms with van der Waals surface area (Å²) in [5.74, 6) is -2.04. The Labute approximate surface area is 89.7 Å². The standard InChI is InChI=1S/C11H9F2NO2/c1-16-5-6-4-9(15)7-2-3-8(12)10(13)11(7)14-6/h2-4H,5H2,1H3,(H,14,15). The van der Waals surface area contributed by atoms with Crippen LogP contribution < -0.4 is 5.43 Å². The highest BCUT2D eigenvalue weighted by Gasteiger charge is 2.10. The predicted molar refractivity (Wildman–Crippen MR) is 55.2 cm³/mol. The number of ether oxygens (including phenoxy) is 1. The molecule has 1 heterocycles. The van der Waals surface area contributed by atoms with E-state index in [1.54, 1.807) is 0 Å². The number of aromatic amines is 1. The Morgan fingerprint density at radius 3 is 2.81 bits per heavy atom. The van der Waals surface area contributed by atoms with Crippen molar-refractivity contribution in [1.29, 1.82) is 0 Å². The molecule has 0 unspecified atom stereocenters. The van der Waals surface area contributed by atoms with E-state index in [4.69, 9.17) is 4.74 Å². The van der Waals surface area contributed by atoms with Crippen molar-refractivity contribution in [2.75, 3.05) is 7.11 Å². The lowest BCUT2D eigenvalue weighted by Crippen LogP contribution is -2.07. The highest BCUT2D eigenvalue weighted by Crippen LogP contribution is 2.16. The van der Waals surface area contributed by atoms with Crippen molar-refractivity contribution >= 4 is 10.9 Å². The number of methoxy groups -OCH3 is 1. The summed E-state index contributed by atoms with van der Waals surface area (Å²) in [6, 6.07) is 3.50. The first-order valence-corrected chi connectivity index (χ1v) is 4.62. The van der Waals surface area contributed by atoms with E-state index in [-0.39, 0.29) is 22.9 Å². The number of nitrogens with one attached hydrogen (secondary N) is 1. The van der Waals surface area contributed by atoms with Gasteiger partial charge in [-0.3, -0.25) is 4.79 Å². The zero-order chi connectivity index (χ0) is 11.7. The molecule has 0 radical (unpaired) electrons.